The van der Waals surface area contributed by atoms with Gasteiger partial charge in [0.1, 0.15) is 11.2 Å². The standard InChI is InChI=1S/C48H34N2O/c1-47(2)35-16-8-6-14-31(35)42-37(47)26-34(41-33-15-7-10-18-39(33)51-46(41)42)29-22-23-32(40-30-13-5-9-17-36(30)48(3,4)43(29)40)38-24-21-28-20-19-27-12-11-25-49-44(27)45(28)50-38/h5-26H,1-4H3. The van der Waals surface area contributed by atoms with E-state index in [4.69, 9.17) is 14.4 Å². The maximum absolute atomic E-state index is 6.89. The zero-order valence-electron chi connectivity index (χ0n) is 29.0. The average Bonchev–Trinajstić information content (AvgIpc) is 3.74. The van der Waals surface area contributed by atoms with E-state index >= 15 is 0 Å². The minimum absolute atomic E-state index is 0.179. The molecule has 3 heteroatoms. The number of pyridine rings is 2. The lowest BCUT2D eigenvalue weighted by Crippen LogP contribution is -2.17. The van der Waals surface area contributed by atoms with Gasteiger partial charge in [-0.25, -0.2) is 4.98 Å². The molecule has 0 N–H and O–H groups in total. The van der Waals surface area contributed by atoms with E-state index in [0.29, 0.717) is 0 Å². The summed E-state index contributed by atoms with van der Waals surface area (Å²) in [5, 5.41) is 4.52. The minimum atomic E-state index is -0.258. The Morgan fingerprint density at radius 2 is 1.18 bits per heavy atom. The summed E-state index contributed by atoms with van der Waals surface area (Å²) in [7, 11) is 0. The molecule has 0 saturated heterocycles. The molecule has 2 aliphatic carbocycles. The summed E-state index contributed by atoms with van der Waals surface area (Å²) >= 11 is 0. The van der Waals surface area contributed by atoms with Gasteiger partial charge in [-0.2, -0.15) is 0 Å². The molecule has 0 fully saturated rings. The largest absolute Gasteiger partial charge is 0.455 e. The molecule has 3 nitrogen and oxygen atoms in total. The molecule has 9 aromatic rings. The fourth-order valence-electron chi connectivity index (χ4n) is 9.49. The molecular formula is C48H34N2O. The number of aromatic nitrogens is 2. The molecule has 0 unspecified atom stereocenters. The monoisotopic (exact) mass is 654 g/mol. The smallest absolute Gasteiger partial charge is 0.144 e. The molecular weight excluding hydrogens is 621 g/mol. The van der Waals surface area contributed by atoms with Crippen LogP contribution in [0.1, 0.15) is 49.9 Å². The zero-order chi connectivity index (χ0) is 34.2. The third kappa shape index (κ3) is 3.68. The van der Waals surface area contributed by atoms with Gasteiger partial charge >= 0.3 is 0 Å². The number of hydrogen-bond donors (Lipinski definition) is 0. The molecule has 0 radical (unpaired) electrons. The molecule has 51 heavy (non-hydrogen) atoms. The summed E-state index contributed by atoms with van der Waals surface area (Å²) < 4.78 is 6.89. The number of rotatable bonds is 2. The van der Waals surface area contributed by atoms with E-state index in [1.165, 1.54) is 61.0 Å². The fourth-order valence-corrected chi connectivity index (χ4v) is 9.49. The summed E-state index contributed by atoms with van der Waals surface area (Å²) in [5.74, 6) is 0. The molecule has 0 saturated carbocycles. The minimum Gasteiger partial charge on any atom is -0.455 e. The number of hydrogen-bond acceptors (Lipinski definition) is 3. The molecule has 6 aromatic carbocycles. The van der Waals surface area contributed by atoms with Gasteiger partial charge < -0.3 is 4.42 Å². The van der Waals surface area contributed by atoms with Crippen molar-refractivity contribution >= 4 is 43.7 Å². The summed E-state index contributed by atoms with van der Waals surface area (Å²) in [6.45, 7) is 9.47. The molecule has 2 aliphatic rings. The highest BCUT2D eigenvalue weighted by Crippen LogP contribution is 2.59. The predicted octanol–water partition coefficient (Wildman–Crippen LogP) is 12.6. The molecule has 0 amide bonds. The van der Waals surface area contributed by atoms with E-state index in [1.54, 1.807) is 0 Å². The van der Waals surface area contributed by atoms with Crippen LogP contribution in [0, 0.1) is 0 Å². The van der Waals surface area contributed by atoms with E-state index in [0.717, 1.165) is 49.6 Å². The van der Waals surface area contributed by atoms with Gasteiger partial charge in [0.25, 0.3) is 0 Å². The van der Waals surface area contributed by atoms with Crippen molar-refractivity contribution in [1.29, 1.82) is 0 Å². The molecule has 3 aromatic heterocycles. The van der Waals surface area contributed by atoms with Crippen molar-refractivity contribution in [2.45, 2.75) is 38.5 Å². The van der Waals surface area contributed by atoms with Crippen molar-refractivity contribution < 1.29 is 4.42 Å². The first-order chi connectivity index (χ1) is 24.8. The Morgan fingerprint density at radius 1 is 0.510 bits per heavy atom. The van der Waals surface area contributed by atoms with Crippen LogP contribution in [0.15, 0.2) is 138 Å². The van der Waals surface area contributed by atoms with Crippen molar-refractivity contribution in [1.82, 2.24) is 9.97 Å². The van der Waals surface area contributed by atoms with Gasteiger partial charge in [-0.3, -0.25) is 4.98 Å². The summed E-state index contributed by atoms with van der Waals surface area (Å²) in [4.78, 5) is 10.1. The lowest BCUT2D eigenvalue weighted by Gasteiger charge is -2.27. The lowest BCUT2D eigenvalue weighted by atomic mass is 9.76. The molecule has 11 rings (SSSR count). The second-order valence-corrected chi connectivity index (χ2v) is 15.3. The maximum atomic E-state index is 6.89. The Morgan fingerprint density at radius 3 is 2.00 bits per heavy atom. The SMILES string of the molecule is CC1(C)c2ccccc2-c2c1cc(-c1ccc(-c3ccc4ccc5cccnc5c4n3)c3c1C(C)(C)c1ccccc1-3)c1c2oc2ccccc21. The topological polar surface area (TPSA) is 38.9 Å². The number of fused-ring (bicyclic) bond motifs is 13. The fraction of sp³-hybridized carbons (Fsp3) is 0.125. The zero-order valence-corrected chi connectivity index (χ0v) is 29.0. The number of para-hydroxylation sites is 1. The van der Waals surface area contributed by atoms with Crippen molar-refractivity contribution in [3.8, 4) is 44.6 Å². The molecule has 0 atom stereocenters. The van der Waals surface area contributed by atoms with Crippen LogP contribution >= 0.6 is 0 Å². The van der Waals surface area contributed by atoms with Crippen LogP contribution in [0.3, 0.4) is 0 Å². The van der Waals surface area contributed by atoms with Gasteiger partial charge in [-0.05, 0) is 74.3 Å². The van der Waals surface area contributed by atoms with Gasteiger partial charge in [0, 0.05) is 49.7 Å². The van der Waals surface area contributed by atoms with Crippen LogP contribution in [0.5, 0.6) is 0 Å². The quantitative estimate of drug-likeness (QED) is 0.174. The van der Waals surface area contributed by atoms with Crippen LogP contribution < -0.4 is 0 Å². The molecule has 3 heterocycles. The van der Waals surface area contributed by atoms with Crippen LogP contribution in [0.2, 0.25) is 0 Å². The normalized spacial score (nSPS) is 15.0. The molecule has 0 bridgehead atoms. The van der Waals surface area contributed by atoms with E-state index < -0.39 is 0 Å². The average molecular weight is 655 g/mol. The van der Waals surface area contributed by atoms with Crippen molar-refractivity contribution in [2.24, 2.45) is 0 Å². The van der Waals surface area contributed by atoms with E-state index in [-0.39, 0.29) is 10.8 Å². The van der Waals surface area contributed by atoms with Gasteiger partial charge in [0.2, 0.25) is 0 Å². The number of benzene rings is 6. The Balaban J connectivity index is 1.26. The molecule has 0 spiro atoms. The van der Waals surface area contributed by atoms with Gasteiger partial charge in [-0.15, -0.1) is 0 Å². The Hall–Kier alpha value is -6.06. The first-order valence-corrected chi connectivity index (χ1v) is 17.8. The predicted molar refractivity (Wildman–Crippen MR) is 210 cm³/mol. The Labute approximate surface area is 296 Å². The third-order valence-corrected chi connectivity index (χ3v) is 11.9. The van der Waals surface area contributed by atoms with Crippen LogP contribution in [-0.4, -0.2) is 9.97 Å². The second kappa shape index (κ2) is 9.80. The Bertz CT molecular complexity index is 2980. The van der Waals surface area contributed by atoms with Gasteiger partial charge in [0.05, 0.1) is 16.7 Å². The first-order valence-electron chi connectivity index (χ1n) is 17.8. The van der Waals surface area contributed by atoms with Gasteiger partial charge in [-0.1, -0.05) is 131 Å². The first kappa shape index (κ1) is 28.7. The van der Waals surface area contributed by atoms with Crippen molar-refractivity contribution in [2.75, 3.05) is 0 Å². The highest BCUT2D eigenvalue weighted by molar-refractivity contribution is 6.19. The third-order valence-electron chi connectivity index (χ3n) is 11.9. The Kier molecular flexibility index (Phi) is 5.52. The van der Waals surface area contributed by atoms with E-state index in [2.05, 4.69) is 149 Å². The lowest BCUT2D eigenvalue weighted by molar-refractivity contribution is 0.652. The summed E-state index contributed by atoms with van der Waals surface area (Å²) in [6.07, 6.45) is 1.86. The van der Waals surface area contributed by atoms with Crippen molar-refractivity contribution in [3.63, 3.8) is 0 Å². The maximum Gasteiger partial charge on any atom is 0.144 e. The highest BCUT2D eigenvalue weighted by atomic mass is 16.3. The molecule has 242 valence electrons. The van der Waals surface area contributed by atoms with Crippen LogP contribution in [-0.2, 0) is 10.8 Å². The number of nitrogens with zero attached hydrogens (tertiary/aromatic N) is 2. The van der Waals surface area contributed by atoms with E-state index in [1.807, 2.05) is 12.3 Å². The van der Waals surface area contributed by atoms with E-state index in [9.17, 15) is 0 Å². The number of furan rings is 1. The van der Waals surface area contributed by atoms with Gasteiger partial charge in [0.15, 0.2) is 0 Å². The van der Waals surface area contributed by atoms with Crippen LogP contribution in [0.25, 0.3) is 88.4 Å². The summed E-state index contributed by atoms with van der Waals surface area (Å²) in [6, 6.07) is 46.2. The summed E-state index contributed by atoms with van der Waals surface area (Å²) in [5.41, 5.74) is 18.2. The highest BCUT2D eigenvalue weighted by Gasteiger charge is 2.42. The second-order valence-electron chi connectivity index (χ2n) is 15.3. The van der Waals surface area contributed by atoms with Crippen LogP contribution in [0.4, 0.5) is 0 Å². The molecule has 0 aliphatic heterocycles. The van der Waals surface area contributed by atoms with Crippen molar-refractivity contribution in [3.05, 3.63) is 156 Å².